The van der Waals surface area contributed by atoms with Gasteiger partial charge in [0.2, 0.25) is 5.88 Å². The molecule has 7 nitrogen and oxygen atoms in total. The number of sulfone groups is 1. The average molecular weight is 413 g/mol. The van der Waals surface area contributed by atoms with Crippen LogP contribution in [0.2, 0.25) is 0 Å². The Morgan fingerprint density at radius 1 is 1.21 bits per heavy atom. The fraction of sp³-hybridized carbons (Fsp3) is 0.381. The number of amides is 1. The van der Waals surface area contributed by atoms with Crippen LogP contribution in [0.15, 0.2) is 47.5 Å². The third-order valence-corrected chi connectivity index (χ3v) is 5.92. The van der Waals surface area contributed by atoms with Gasteiger partial charge in [0.05, 0.1) is 0 Å². The molecule has 29 heavy (non-hydrogen) atoms. The quantitative estimate of drug-likeness (QED) is 0.748. The maximum Gasteiger partial charge on any atom is 0.261 e. The number of aromatic nitrogens is 2. The van der Waals surface area contributed by atoms with Gasteiger partial charge in [0, 0.05) is 36.9 Å². The number of nitrogens with zero attached hydrogens (tertiary/aromatic N) is 3. The molecule has 2 aromatic rings. The first-order chi connectivity index (χ1) is 13.8. The Morgan fingerprint density at radius 2 is 1.90 bits per heavy atom. The molecule has 1 aromatic heterocycles. The molecule has 2 fully saturated rings. The molecular weight excluding hydrogens is 390 g/mol. The Kier molecular flexibility index (Phi) is 5.12. The first-order valence-corrected chi connectivity index (χ1v) is 11.5. The van der Waals surface area contributed by atoms with Crippen LogP contribution in [0.25, 0.3) is 0 Å². The minimum absolute atomic E-state index is 0.242. The van der Waals surface area contributed by atoms with Crippen molar-refractivity contribution in [2.24, 2.45) is 5.92 Å². The summed E-state index contributed by atoms with van der Waals surface area (Å²) in [4.78, 5) is 23.5. The molecule has 8 heteroatoms. The molecule has 0 spiro atoms. The van der Waals surface area contributed by atoms with Crippen LogP contribution >= 0.6 is 0 Å². The van der Waals surface area contributed by atoms with E-state index in [1.807, 2.05) is 18.2 Å². The number of carbonyl (C=O) groups excluding carboxylic acids is 1. The van der Waals surface area contributed by atoms with E-state index in [4.69, 9.17) is 4.74 Å². The highest BCUT2D eigenvalue weighted by atomic mass is 32.2. The number of likely N-dealkylation sites (tertiary alicyclic amines) is 1. The zero-order chi connectivity index (χ0) is 20.6. The molecule has 4 rings (SSSR count). The van der Waals surface area contributed by atoms with Crippen molar-refractivity contribution in [3.63, 3.8) is 0 Å². The Morgan fingerprint density at radius 3 is 2.52 bits per heavy atom. The largest absolute Gasteiger partial charge is 0.438 e. The monoisotopic (exact) mass is 413 g/mol. The molecule has 1 aromatic carbocycles. The van der Waals surface area contributed by atoms with E-state index in [2.05, 4.69) is 16.9 Å². The number of para-hydroxylation sites is 1. The number of hydrogen-bond donors (Lipinski definition) is 0. The minimum atomic E-state index is -3.21. The summed E-state index contributed by atoms with van der Waals surface area (Å²) < 4.78 is 28.7. The van der Waals surface area contributed by atoms with E-state index in [0.29, 0.717) is 29.0 Å². The van der Waals surface area contributed by atoms with E-state index in [-0.39, 0.29) is 30.4 Å². The molecule has 1 saturated heterocycles. The van der Waals surface area contributed by atoms with Crippen LogP contribution < -0.4 is 4.74 Å². The van der Waals surface area contributed by atoms with Crippen molar-refractivity contribution in [1.82, 2.24) is 14.9 Å². The number of rotatable bonds is 5. The second-order valence-corrected chi connectivity index (χ2v) is 9.80. The van der Waals surface area contributed by atoms with Gasteiger partial charge in [0.15, 0.2) is 9.84 Å². The standard InChI is InChI=1S/C21H23N3O4S/c1-14-8-16(9-14)19-22-10-18(20(23-19)28-17-6-4-3-5-7-17)21(25)24-11-15(12-24)13-29(2,26)27/h3-7,10,13-14,16H,8-9,11-12H2,1-2H3/t14-,16-. The van der Waals surface area contributed by atoms with Gasteiger partial charge in [-0.05, 0) is 36.5 Å². The van der Waals surface area contributed by atoms with E-state index < -0.39 is 9.84 Å². The van der Waals surface area contributed by atoms with Crippen LogP contribution in [-0.2, 0) is 9.84 Å². The third kappa shape index (κ3) is 4.48. The number of hydrogen-bond acceptors (Lipinski definition) is 6. The van der Waals surface area contributed by atoms with E-state index in [1.165, 1.54) is 11.6 Å². The lowest BCUT2D eigenvalue weighted by Crippen LogP contribution is -2.45. The number of benzene rings is 1. The van der Waals surface area contributed by atoms with Crippen molar-refractivity contribution in [2.45, 2.75) is 25.7 Å². The molecule has 0 atom stereocenters. The second kappa shape index (κ2) is 7.59. The number of carbonyl (C=O) groups is 1. The van der Waals surface area contributed by atoms with Crippen LogP contribution in [0.4, 0.5) is 0 Å². The lowest BCUT2D eigenvalue weighted by molar-refractivity contribution is 0.0723. The van der Waals surface area contributed by atoms with Gasteiger partial charge in [-0.2, -0.15) is 4.98 Å². The maximum absolute atomic E-state index is 13.0. The van der Waals surface area contributed by atoms with E-state index >= 15 is 0 Å². The normalized spacial score (nSPS) is 21.2. The molecule has 0 radical (unpaired) electrons. The lowest BCUT2D eigenvalue weighted by Gasteiger charge is -2.34. The fourth-order valence-electron chi connectivity index (χ4n) is 3.65. The van der Waals surface area contributed by atoms with Gasteiger partial charge in [-0.25, -0.2) is 13.4 Å². The summed E-state index contributed by atoms with van der Waals surface area (Å²) in [5.74, 6) is 2.22. The van der Waals surface area contributed by atoms with Crippen molar-refractivity contribution < 1.29 is 17.9 Å². The maximum atomic E-state index is 13.0. The van der Waals surface area contributed by atoms with Crippen molar-refractivity contribution in [1.29, 1.82) is 0 Å². The highest BCUT2D eigenvalue weighted by Crippen LogP contribution is 2.40. The van der Waals surface area contributed by atoms with Crippen LogP contribution in [-0.4, -0.2) is 48.5 Å². The predicted octanol–water partition coefficient (Wildman–Crippen LogP) is 3.17. The summed E-state index contributed by atoms with van der Waals surface area (Å²) in [6.45, 7) is 2.75. The molecule has 1 aliphatic carbocycles. The molecule has 0 N–H and O–H groups in total. The Bertz CT molecular complexity index is 1050. The van der Waals surface area contributed by atoms with Crippen molar-refractivity contribution >= 4 is 15.7 Å². The van der Waals surface area contributed by atoms with Crippen LogP contribution in [0, 0.1) is 5.92 Å². The molecule has 0 bridgehead atoms. The first kappa shape index (κ1) is 19.6. The van der Waals surface area contributed by atoms with Gasteiger partial charge in [0.25, 0.3) is 5.91 Å². The Balaban J connectivity index is 1.58. The molecule has 152 valence electrons. The van der Waals surface area contributed by atoms with Crippen molar-refractivity contribution in [3.8, 4) is 11.6 Å². The third-order valence-electron chi connectivity index (χ3n) is 5.16. The van der Waals surface area contributed by atoms with Crippen molar-refractivity contribution in [3.05, 3.63) is 58.9 Å². The van der Waals surface area contributed by atoms with Crippen molar-refractivity contribution in [2.75, 3.05) is 19.3 Å². The van der Waals surface area contributed by atoms with E-state index in [0.717, 1.165) is 19.1 Å². The molecule has 2 heterocycles. The Labute approximate surface area is 170 Å². The van der Waals surface area contributed by atoms with Crippen LogP contribution in [0.3, 0.4) is 0 Å². The lowest BCUT2D eigenvalue weighted by atomic mass is 9.76. The van der Waals surface area contributed by atoms with Gasteiger partial charge < -0.3 is 9.64 Å². The van der Waals surface area contributed by atoms with Gasteiger partial charge in [0.1, 0.15) is 17.1 Å². The summed E-state index contributed by atoms with van der Waals surface area (Å²) in [6.07, 6.45) is 4.74. The second-order valence-electron chi connectivity index (χ2n) is 7.90. The molecule has 1 aliphatic heterocycles. The predicted molar refractivity (Wildman–Crippen MR) is 109 cm³/mol. The molecule has 1 saturated carbocycles. The smallest absolute Gasteiger partial charge is 0.261 e. The van der Waals surface area contributed by atoms with Crippen LogP contribution in [0.5, 0.6) is 11.6 Å². The van der Waals surface area contributed by atoms with E-state index in [9.17, 15) is 13.2 Å². The van der Waals surface area contributed by atoms with Gasteiger partial charge in [-0.15, -0.1) is 0 Å². The Hall–Kier alpha value is -2.74. The summed E-state index contributed by atoms with van der Waals surface area (Å²) in [6, 6.07) is 9.19. The zero-order valence-corrected chi connectivity index (χ0v) is 17.2. The van der Waals surface area contributed by atoms with E-state index in [1.54, 1.807) is 17.0 Å². The summed E-state index contributed by atoms with van der Waals surface area (Å²) in [5.41, 5.74) is 0.982. The molecule has 1 amide bonds. The molecular formula is C21H23N3O4S. The van der Waals surface area contributed by atoms with Gasteiger partial charge in [-0.1, -0.05) is 25.1 Å². The highest BCUT2D eigenvalue weighted by Gasteiger charge is 2.33. The first-order valence-electron chi connectivity index (χ1n) is 9.57. The average Bonchev–Trinajstić information content (AvgIpc) is 2.61. The fourth-order valence-corrected chi connectivity index (χ4v) is 4.40. The minimum Gasteiger partial charge on any atom is -0.438 e. The number of ether oxygens (including phenoxy) is 1. The summed E-state index contributed by atoms with van der Waals surface area (Å²) >= 11 is 0. The van der Waals surface area contributed by atoms with Gasteiger partial charge >= 0.3 is 0 Å². The molecule has 2 aliphatic rings. The summed E-state index contributed by atoms with van der Waals surface area (Å²) in [7, 11) is -3.21. The van der Waals surface area contributed by atoms with Crippen LogP contribution in [0.1, 0.15) is 41.9 Å². The molecule has 0 unspecified atom stereocenters. The zero-order valence-electron chi connectivity index (χ0n) is 16.4. The topological polar surface area (TPSA) is 89.5 Å². The highest BCUT2D eigenvalue weighted by molar-refractivity contribution is 7.93. The van der Waals surface area contributed by atoms with Gasteiger partial charge in [-0.3, -0.25) is 4.79 Å². The SMILES string of the molecule is CS(=O)(=O)C=C1CN(C(=O)c2cnc([C@H]3C[C@H](C)C3)nc2Oc2ccccc2)C1. The summed E-state index contributed by atoms with van der Waals surface area (Å²) in [5, 5.41) is 1.22.